The van der Waals surface area contributed by atoms with Gasteiger partial charge in [-0.1, -0.05) is 0 Å². The molecule has 1 fully saturated rings. The molecule has 0 spiro atoms. The molecule has 1 aromatic rings. The number of benzene rings is 1. The normalized spacial score (nSPS) is 18.1. The highest BCUT2D eigenvalue weighted by Gasteiger charge is 2.19. The first-order chi connectivity index (χ1) is 10.1. The van der Waals surface area contributed by atoms with E-state index in [-0.39, 0.29) is 11.6 Å². The Morgan fingerprint density at radius 2 is 2.38 bits per heavy atom. The zero-order chi connectivity index (χ0) is 15.2. The topological polar surface area (TPSA) is 67.6 Å². The molecule has 1 aliphatic heterocycles. The summed E-state index contributed by atoms with van der Waals surface area (Å²) in [5.41, 5.74) is 6.14. The van der Waals surface area contributed by atoms with Crippen LogP contribution < -0.4 is 11.1 Å². The Balaban J connectivity index is 1.73. The Kier molecular flexibility index (Phi) is 5.52. The monoisotopic (exact) mass is 295 g/mol. The lowest BCUT2D eigenvalue weighted by Crippen LogP contribution is -2.33. The minimum Gasteiger partial charge on any atom is -0.399 e. The molecule has 1 atom stereocenters. The van der Waals surface area contributed by atoms with E-state index in [0.29, 0.717) is 18.2 Å². The quantitative estimate of drug-likeness (QED) is 0.786. The second-order valence-corrected chi connectivity index (χ2v) is 5.39. The van der Waals surface area contributed by atoms with Gasteiger partial charge in [0.1, 0.15) is 5.82 Å². The van der Waals surface area contributed by atoms with E-state index < -0.39 is 5.82 Å². The molecule has 1 heterocycles. The van der Waals surface area contributed by atoms with Crippen molar-refractivity contribution in [3.63, 3.8) is 0 Å². The van der Waals surface area contributed by atoms with Gasteiger partial charge in [-0.3, -0.25) is 4.79 Å². The van der Waals surface area contributed by atoms with Crippen LogP contribution >= 0.6 is 0 Å². The van der Waals surface area contributed by atoms with Crippen molar-refractivity contribution >= 4 is 17.3 Å². The van der Waals surface area contributed by atoms with Gasteiger partial charge in [-0.2, -0.15) is 0 Å². The summed E-state index contributed by atoms with van der Waals surface area (Å²) in [6.07, 6.45) is 2.12. The summed E-state index contributed by atoms with van der Waals surface area (Å²) in [5.74, 6) is -0.673. The van der Waals surface area contributed by atoms with E-state index >= 15 is 0 Å². The van der Waals surface area contributed by atoms with E-state index in [1.807, 2.05) is 7.05 Å². The molecule has 1 amide bonds. The number of carbonyl (C=O) groups is 1. The molecule has 5 nitrogen and oxygen atoms in total. The predicted molar refractivity (Wildman–Crippen MR) is 80.5 cm³/mol. The van der Waals surface area contributed by atoms with Crippen molar-refractivity contribution in [3.8, 4) is 0 Å². The third kappa shape index (κ3) is 4.68. The summed E-state index contributed by atoms with van der Waals surface area (Å²) in [7, 11) is 2.04. The van der Waals surface area contributed by atoms with Gasteiger partial charge in [-0.05, 0) is 44.6 Å². The maximum atomic E-state index is 13.5. The molecule has 0 radical (unpaired) electrons. The summed E-state index contributed by atoms with van der Waals surface area (Å²) in [4.78, 5) is 14.0. The van der Waals surface area contributed by atoms with Crippen LogP contribution in [0.15, 0.2) is 18.2 Å². The number of nitrogens with two attached hydrogens (primary N) is 1. The van der Waals surface area contributed by atoms with Gasteiger partial charge in [0, 0.05) is 24.8 Å². The molecular formula is C15H22FN3O2. The lowest BCUT2D eigenvalue weighted by Gasteiger charge is -2.22. The molecule has 0 aromatic heterocycles. The maximum Gasteiger partial charge on any atom is 0.224 e. The first-order valence-corrected chi connectivity index (χ1v) is 7.19. The Morgan fingerprint density at radius 3 is 3.10 bits per heavy atom. The third-order valence-corrected chi connectivity index (χ3v) is 3.71. The Hall–Kier alpha value is -1.66. The molecule has 1 saturated heterocycles. The van der Waals surface area contributed by atoms with E-state index in [2.05, 4.69) is 10.2 Å². The van der Waals surface area contributed by atoms with Crippen molar-refractivity contribution < 1.29 is 13.9 Å². The zero-order valence-corrected chi connectivity index (χ0v) is 12.3. The fraction of sp³-hybridized carbons (Fsp3) is 0.533. The molecule has 2 rings (SSSR count). The van der Waals surface area contributed by atoms with E-state index in [0.717, 1.165) is 32.6 Å². The van der Waals surface area contributed by atoms with Crippen molar-refractivity contribution in [3.05, 3.63) is 24.0 Å². The molecule has 21 heavy (non-hydrogen) atoms. The minimum atomic E-state index is -0.474. The van der Waals surface area contributed by atoms with Crippen molar-refractivity contribution in [2.45, 2.75) is 25.3 Å². The van der Waals surface area contributed by atoms with Gasteiger partial charge in [-0.15, -0.1) is 0 Å². The van der Waals surface area contributed by atoms with Crippen LogP contribution in [0.25, 0.3) is 0 Å². The Bertz CT molecular complexity index is 490. The van der Waals surface area contributed by atoms with Crippen LogP contribution in [0.5, 0.6) is 0 Å². The number of hydrogen-bond acceptors (Lipinski definition) is 4. The minimum absolute atomic E-state index is 0.137. The van der Waals surface area contributed by atoms with Gasteiger partial charge in [0.2, 0.25) is 5.91 Å². The predicted octanol–water partition coefficient (Wildman–Crippen LogP) is 1.85. The smallest absolute Gasteiger partial charge is 0.224 e. The van der Waals surface area contributed by atoms with Crippen LogP contribution in [0, 0.1) is 5.82 Å². The molecule has 3 N–H and O–H groups in total. The van der Waals surface area contributed by atoms with E-state index in [4.69, 9.17) is 10.5 Å². The fourth-order valence-corrected chi connectivity index (χ4v) is 2.39. The number of ether oxygens (including phenoxy) is 1. The summed E-state index contributed by atoms with van der Waals surface area (Å²) in [5, 5.41) is 2.56. The summed E-state index contributed by atoms with van der Waals surface area (Å²) >= 11 is 0. The van der Waals surface area contributed by atoms with Gasteiger partial charge in [-0.25, -0.2) is 4.39 Å². The van der Waals surface area contributed by atoms with E-state index in [1.165, 1.54) is 18.2 Å². The Labute approximate surface area is 124 Å². The van der Waals surface area contributed by atoms with Gasteiger partial charge in [0.25, 0.3) is 0 Å². The van der Waals surface area contributed by atoms with Crippen LogP contribution in [0.2, 0.25) is 0 Å². The number of likely N-dealkylation sites (N-methyl/N-ethyl adjacent to an activating group) is 1. The molecule has 1 unspecified atom stereocenters. The van der Waals surface area contributed by atoms with Crippen LogP contribution in [0.4, 0.5) is 15.8 Å². The van der Waals surface area contributed by atoms with Crippen LogP contribution in [0.3, 0.4) is 0 Å². The third-order valence-electron chi connectivity index (χ3n) is 3.71. The average Bonchev–Trinajstić information content (AvgIpc) is 2.97. The number of halogens is 1. The van der Waals surface area contributed by atoms with Gasteiger partial charge in [0.05, 0.1) is 12.3 Å². The van der Waals surface area contributed by atoms with Crippen molar-refractivity contribution in [2.24, 2.45) is 0 Å². The van der Waals surface area contributed by atoms with Gasteiger partial charge >= 0.3 is 0 Å². The molecule has 1 aliphatic rings. The number of rotatable bonds is 6. The maximum absolute atomic E-state index is 13.5. The molecule has 1 aromatic carbocycles. The number of amides is 1. The average molecular weight is 295 g/mol. The van der Waals surface area contributed by atoms with Gasteiger partial charge in [0.15, 0.2) is 0 Å². The van der Waals surface area contributed by atoms with E-state index in [9.17, 15) is 9.18 Å². The number of carbonyl (C=O) groups excluding carboxylic acids is 1. The van der Waals surface area contributed by atoms with E-state index in [1.54, 1.807) is 0 Å². The largest absolute Gasteiger partial charge is 0.399 e. The summed E-state index contributed by atoms with van der Waals surface area (Å²) < 4.78 is 18.8. The number of nitrogens with zero attached hydrogens (tertiary/aromatic N) is 1. The molecule has 0 saturated carbocycles. The highest BCUT2D eigenvalue weighted by atomic mass is 19.1. The second kappa shape index (κ2) is 7.38. The molecule has 0 bridgehead atoms. The molecular weight excluding hydrogens is 273 g/mol. The van der Waals surface area contributed by atoms with Crippen molar-refractivity contribution in [1.82, 2.24) is 4.90 Å². The van der Waals surface area contributed by atoms with Crippen LogP contribution in [-0.2, 0) is 9.53 Å². The highest BCUT2D eigenvalue weighted by Crippen LogP contribution is 2.18. The lowest BCUT2D eigenvalue weighted by atomic mass is 10.2. The number of nitrogens with one attached hydrogen (secondary N) is 1. The lowest BCUT2D eigenvalue weighted by molar-refractivity contribution is -0.116. The summed E-state index contributed by atoms with van der Waals surface area (Å²) in [6.45, 7) is 2.39. The van der Waals surface area contributed by atoms with Gasteiger partial charge < -0.3 is 20.7 Å². The van der Waals surface area contributed by atoms with Crippen LogP contribution in [-0.4, -0.2) is 43.7 Å². The fourth-order valence-electron chi connectivity index (χ4n) is 2.39. The standard InChI is InChI=1S/C15H22FN3O2/c1-19(12-6-8-21-10-12)7-2-3-15(20)18-14-9-11(17)4-5-13(14)16/h4-5,9,12H,2-3,6-8,10,17H2,1H3,(H,18,20). The zero-order valence-electron chi connectivity index (χ0n) is 12.3. The SMILES string of the molecule is CN(CCCC(=O)Nc1cc(N)ccc1F)C1CCOC1. The van der Waals surface area contributed by atoms with Crippen molar-refractivity contribution in [1.29, 1.82) is 0 Å². The molecule has 0 aliphatic carbocycles. The highest BCUT2D eigenvalue weighted by molar-refractivity contribution is 5.91. The first-order valence-electron chi connectivity index (χ1n) is 7.19. The second-order valence-electron chi connectivity index (χ2n) is 5.39. The molecule has 116 valence electrons. The van der Waals surface area contributed by atoms with Crippen LogP contribution in [0.1, 0.15) is 19.3 Å². The Morgan fingerprint density at radius 1 is 1.57 bits per heavy atom. The number of nitrogen functional groups attached to an aromatic ring is 1. The molecule has 6 heteroatoms. The number of anilines is 2. The summed E-state index contributed by atoms with van der Waals surface area (Å²) in [6, 6.07) is 4.58. The van der Waals surface area contributed by atoms with Crippen molar-refractivity contribution in [2.75, 3.05) is 37.9 Å². The number of hydrogen-bond donors (Lipinski definition) is 2. The first kappa shape index (κ1) is 15.7.